The van der Waals surface area contributed by atoms with Crippen molar-refractivity contribution in [3.63, 3.8) is 0 Å². The number of carbonyl (C=O) groups excluding carboxylic acids is 2. The predicted molar refractivity (Wildman–Crippen MR) is 95.8 cm³/mol. The van der Waals surface area contributed by atoms with Crippen LogP contribution in [0.4, 0.5) is 4.79 Å². The second kappa shape index (κ2) is 11.9. The summed E-state index contributed by atoms with van der Waals surface area (Å²) in [6.45, 7) is 4.03. The Kier molecular flexibility index (Phi) is 9.76. The van der Waals surface area contributed by atoms with Crippen LogP contribution in [-0.2, 0) is 16.0 Å². The highest BCUT2D eigenvalue weighted by molar-refractivity contribution is 5.86. The molecule has 0 aliphatic rings. The molecule has 0 saturated carbocycles. The minimum Gasteiger partial charge on any atom is -0.450 e. The molecule has 0 aromatic heterocycles. The van der Waals surface area contributed by atoms with Crippen LogP contribution in [0.5, 0.6) is 0 Å². The highest BCUT2D eigenvalue weighted by Gasteiger charge is 2.23. The van der Waals surface area contributed by atoms with Crippen LogP contribution in [0.2, 0.25) is 0 Å². The molecule has 2 unspecified atom stereocenters. The van der Waals surface area contributed by atoms with Gasteiger partial charge in [-0.3, -0.25) is 4.79 Å². The summed E-state index contributed by atoms with van der Waals surface area (Å²) in [4.78, 5) is 24.3. The maximum absolute atomic E-state index is 12.3. The fourth-order valence-electron chi connectivity index (χ4n) is 2.28. The number of carbonyl (C=O) groups is 2. The number of nitrogens with zero attached hydrogens (tertiary/aromatic N) is 1. The number of alkyl carbamates (subject to hydrolysis) is 1. The van der Waals surface area contributed by atoms with Crippen LogP contribution < -0.4 is 10.6 Å². The van der Waals surface area contributed by atoms with Crippen LogP contribution in [-0.4, -0.2) is 30.7 Å². The van der Waals surface area contributed by atoms with Gasteiger partial charge in [0.05, 0.1) is 12.7 Å². The topological polar surface area (TPSA) is 91.2 Å². The van der Waals surface area contributed by atoms with Crippen LogP contribution in [0.3, 0.4) is 0 Å². The average Bonchev–Trinajstić information content (AvgIpc) is 2.61. The lowest BCUT2D eigenvalue weighted by Crippen LogP contribution is -2.50. The Morgan fingerprint density at radius 1 is 1.16 bits per heavy atom. The van der Waals surface area contributed by atoms with Crippen molar-refractivity contribution in [1.82, 2.24) is 10.6 Å². The number of ether oxygens (including phenoxy) is 1. The molecule has 1 aromatic carbocycles. The molecule has 2 N–H and O–H groups in total. The lowest BCUT2D eigenvalue weighted by molar-refractivity contribution is -0.123. The molecule has 0 fully saturated rings. The Morgan fingerprint density at radius 2 is 1.88 bits per heavy atom. The third kappa shape index (κ3) is 8.75. The van der Waals surface area contributed by atoms with Gasteiger partial charge in [0.25, 0.3) is 0 Å². The standard InChI is InChI=1S/C19H27N3O3/c1-3-4-5-9-12-25-19(24)22-17(18(23)21-15(2)14-20)13-16-10-7-6-8-11-16/h6-8,10-11,15,17H,3-5,9,12-13H2,1-2H3,(H,21,23)(H,22,24). The van der Waals surface area contributed by atoms with Gasteiger partial charge in [0.15, 0.2) is 0 Å². The molecule has 0 heterocycles. The minimum atomic E-state index is -0.790. The molecule has 1 aromatic rings. The van der Waals surface area contributed by atoms with Gasteiger partial charge < -0.3 is 15.4 Å². The number of amides is 2. The van der Waals surface area contributed by atoms with E-state index in [1.807, 2.05) is 36.4 Å². The van der Waals surface area contributed by atoms with Gasteiger partial charge in [-0.15, -0.1) is 0 Å². The normalized spacial score (nSPS) is 12.5. The minimum absolute atomic E-state index is 0.329. The zero-order valence-electron chi connectivity index (χ0n) is 15.0. The van der Waals surface area contributed by atoms with Crippen LogP contribution in [0.15, 0.2) is 30.3 Å². The first-order valence-electron chi connectivity index (χ1n) is 8.74. The van der Waals surface area contributed by atoms with Gasteiger partial charge in [0.2, 0.25) is 5.91 Å². The van der Waals surface area contributed by atoms with Crippen molar-refractivity contribution in [2.75, 3.05) is 6.61 Å². The maximum Gasteiger partial charge on any atom is 0.407 e. The molecule has 0 aliphatic carbocycles. The average molecular weight is 345 g/mol. The molecular formula is C19H27N3O3. The molecule has 0 bridgehead atoms. The first-order chi connectivity index (χ1) is 12.1. The van der Waals surface area contributed by atoms with E-state index >= 15 is 0 Å². The van der Waals surface area contributed by atoms with Gasteiger partial charge in [0.1, 0.15) is 12.1 Å². The summed E-state index contributed by atoms with van der Waals surface area (Å²) in [5, 5.41) is 14.0. The number of hydrogen-bond donors (Lipinski definition) is 2. The van der Waals surface area contributed by atoms with E-state index in [1.165, 1.54) is 0 Å². The van der Waals surface area contributed by atoms with E-state index in [4.69, 9.17) is 10.00 Å². The maximum atomic E-state index is 12.3. The monoisotopic (exact) mass is 345 g/mol. The number of unbranched alkanes of at least 4 members (excludes halogenated alkanes) is 3. The zero-order valence-corrected chi connectivity index (χ0v) is 15.0. The molecule has 25 heavy (non-hydrogen) atoms. The van der Waals surface area contributed by atoms with Crippen molar-refractivity contribution in [2.24, 2.45) is 0 Å². The fourth-order valence-corrected chi connectivity index (χ4v) is 2.28. The molecule has 2 amide bonds. The van der Waals surface area contributed by atoms with E-state index in [0.29, 0.717) is 13.0 Å². The van der Waals surface area contributed by atoms with E-state index in [1.54, 1.807) is 6.92 Å². The van der Waals surface area contributed by atoms with Crippen molar-refractivity contribution >= 4 is 12.0 Å². The number of hydrogen-bond acceptors (Lipinski definition) is 4. The molecule has 6 nitrogen and oxygen atoms in total. The number of nitriles is 1. The first-order valence-corrected chi connectivity index (χ1v) is 8.74. The summed E-state index contributed by atoms with van der Waals surface area (Å²) in [6.07, 6.45) is 3.76. The molecule has 0 saturated heterocycles. The second-order valence-corrected chi connectivity index (χ2v) is 5.94. The third-order valence-electron chi connectivity index (χ3n) is 3.67. The lowest BCUT2D eigenvalue weighted by atomic mass is 10.1. The van der Waals surface area contributed by atoms with Crippen molar-refractivity contribution in [3.8, 4) is 6.07 Å². The second-order valence-electron chi connectivity index (χ2n) is 5.94. The summed E-state index contributed by atoms with van der Waals surface area (Å²) in [5.74, 6) is -0.402. The highest BCUT2D eigenvalue weighted by Crippen LogP contribution is 2.05. The Labute approximate surface area is 149 Å². The number of rotatable bonds is 10. The molecule has 0 aliphatic heterocycles. The highest BCUT2D eigenvalue weighted by atomic mass is 16.5. The summed E-state index contributed by atoms with van der Waals surface area (Å²) in [6, 6.07) is 9.91. The molecule has 2 atom stereocenters. The summed E-state index contributed by atoms with van der Waals surface area (Å²) >= 11 is 0. The smallest absolute Gasteiger partial charge is 0.407 e. The van der Waals surface area contributed by atoms with Gasteiger partial charge in [-0.2, -0.15) is 5.26 Å². The fraction of sp³-hybridized carbons (Fsp3) is 0.526. The Morgan fingerprint density at radius 3 is 2.52 bits per heavy atom. The van der Waals surface area contributed by atoms with E-state index in [2.05, 4.69) is 17.6 Å². The van der Waals surface area contributed by atoms with Crippen LogP contribution in [0, 0.1) is 11.3 Å². The van der Waals surface area contributed by atoms with E-state index in [9.17, 15) is 9.59 Å². The SMILES string of the molecule is CCCCCCOC(=O)NC(Cc1ccccc1)C(=O)NC(C)C#N. The van der Waals surface area contributed by atoms with E-state index < -0.39 is 24.1 Å². The zero-order chi connectivity index (χ0) is 18.5. The number of nitrogens with one attached hydrogen (secondary N) is 2. The van der Waals surface area contributed by atoms with Gasteiger partial charge in [-0.05, 0) is 18.9 Å². The van der Waals surface area contributed by atoms with Gasteiger partial charge in [0, 0.05) is 6.42 Å². The van der Waals surface area contributed by atoms with Gasteiger partial charge in [-0.1, -0.05) is 56.5 Å². The van der Waals surface area contributed by atoms with Crippen molar-refractivity contribution in [2.45, 2.75) is 58.0 Å². The van der Waals surface area contributed by atoms with Crippen molar-refractivity contribution < 1.29 is 14.3 Å². The number of benzene rings is 1. The summed E-state index contributed by atoms with van der Waals surface area (Å²) in [7, 11) is 0. The molecule has 0 radical (unpaired) electrons. The molecular weight excluding hydrogens is 318 g/mol. The first kappa shape index (κ1) is 20.5. The Balaban J connectivity index is 2.59. The Hall–Kier alpha value is -2.55. The van der Waals surface area contributed by atoms with Gasteiger partial charge in [-0.25, -0.2) is 4.79 Å². The summed E-state index contributed by atoms with van der Waals surface area (Å²) in [5.41, 5.74) is 0.913. The van der Waals surface area contributed by atoms with Crippen LogP contribution in [0.25, 0.3) is 0 Å². The van der Waals surface area contributed by atoms with Crippen molar-refractivity contribution in [1.29, 1.82) is 5.26 Å². The van der Waals surface area contributed by atoms with Crippen molar-refractivity contribution in [3.05, 3.63) is 35.9 Å². The molecule has 0 spiro atoms. The molecule has 136 valence electrons. The Bertz CT molecular complexity index is 569. The molecule has 6 heteroatoms. The quantitative estimate of drug-likeness (QED) is 0.638. The largest absolute Gasteiger partial charge is 0.450 e. The third-order valence-corrected chi connectivity index (χ3v) is 3.67. The predicted octanol–water partition coefficient (Wildman–Crippen LogP) is 2.93. The lowest BCUT2D eigenvalue weighted by Gasteiger charge is -2.19. The summed E-state index contributed by atoms with van der Waals surface area (Å²) < 4.78 is 5.14. The van der Waals surface area contributed by atoms with E-state index in [0.717, 1.165) is 31.2 Å². The molecule has 1 rings (SSSR count). The van der Waals surface area contributed by atoms with Gasteiger partial charge >= 0.3 is 6.09 Å². The van der Waals surface area contributed by atoms with Crippen LogP contribution >= 0.6 is 0 Å². The van der Waals surface area contributed by atoms with E-state index in [-0.39, 0.29) is 0 Å². The van der Waals surface area contributed by atoms with Crippen LogP contribution in [0.1, 0.15) is 45.1 Å².